The van der Waals surface area contributed by atoms with E-state index in [0.717, 1.165) is 5.69 Å². The number of hydrogen-bond acceptors (Lipinski definition) is 6. The van der Waals surface area contributed by atoms with E-state index in [-0.39, 0.29) is 34.9 Å². The minimum Gasteiger partial charge on any atom is -0.451 e. The fourth-order valence-electron chi connectivity index (χ4n) is 4.30. The Labute approximate surface area is 209 Å². The first-order valence-electron chi connectivity index (χ1n) is 12.1. The molecule has 1 aromatic heterocycles. The predicted octanol–water partition coefficient (Wildman–Crippen LogP) is 3.09. The van der Waals surface area contributed by atoms with Gasteiger partial charge in [0, 0.05) is 36.6 Å². The number of rotatable bonds is 7. The van der Waals surface area contributed by atoms with Crippen molar-refractivity contribution in [2.75, 3.05) is 25.0 Å². The lowest BCUT2D eigenvalue weighted by Crippen LogP contribution is -2.43. The number of esters is 1. The zero-order chi connectivity index (χ0) is 25.7. The number of carbonyl (C=O) groups is 3. The lowest BCUT2D eigenvalue weighted by Gasteiger charge is -2.31. The largest absolute Gasteiger partial charge is 0.451 e. The van der Waals surface area contributed by atoms with Crippen molar-refractivity contribution >= 4 is 34.2 Å². The van der Waals surface area contributed by atoms with Crippen LogP contribution in [0.15, 0.2) is 59.4 Å². The van der Waals surface area contributed by atoms with E-state index in [1.807, 2.05) is 44.2 Å². The molecule has 2 amide bonds. The maximum absolute atomic E-state index is 12.9. The van der Waals surface area contributed by atoms with Crippen molar-refractivity contribution in [3.8, 4) is 0 Å². The van der Waals surface area contributed by atoms with Gasteiger partial charge in [0.2, 0.25) is 5.91 Å². The highest BCUT2D eigenvalue weighted by Crippen LogP contribution is 2.20. The molecule has 2 aromatic carbocycles. The van der Waals surface area contributed by atoms with Gasteiger partial charge in [-0.25, -0.2) is 9.48 Å². The van der Waals surface area contributed by atoms with Crippen LogP contribution in [-0.4, -0.2) is 52.2 Å². The number of amides is 2. The highest BCUT2D eigenvalue weighted by atomic mass is 16.5. The zero-order valence-electron chi connectivity index (χ0n) is 20.5. The van der Waals surface area contributed by atoms with Crippen molar-refractivity contribution in [1.82, 2.24) is 14.7 Å². The Hall–Kier alpha value is -4.01. The van der Waals surface area contributed by atoms with E-state index in [1.54, 1.807) is 29.2 Å². The lowest BCUT2D eigenvalue weighted by molar-refractivity contribution is -0.137. The predicted molar refractivity (Wildman–Crippen MR) is 135 cm³/mol. The van der Waals surface area contributed by atoms with Gasteiger partial charge in [-0.05, 0) is 37.0 Å². The number of nitrogens with one attached hydrogen (secondary N) is 1. The number of piperidine rings is 1. The maximum Gasteiger partial charge on any atom is 0.359 e. The van der Waals surface area contributed by atoms with Gasteiger partial charge in [-0.3, -0.25) is 14.4 Å². The molecule has 1 fully saturated rings. The van der Waals surface area contributed by atoms with Crippen LogP contribution in [0.5, 0.6) is 0 Å². The number of fused-ring (bicyclic) bond motifs is 1. The van der Waals surface area contributed by atoms with Crippen LogP contribution in [0, 0.1) is 11.8 Å². The first-order chi connectivity index (χ1) is 17.3. The summed E-state index contributed by atoms with van der Waals surface area (Å²) in [5.41, 5.74) is 0.481. The molecule has 0 saturated carbocycles. The van der Waals surface area contributed by atoms with E-state index in [4.69, 9.17) is 4.74 Å². The van der Waals surface area contributed by atoms with Gasteiger partial charge in [0.15, 0.2) is 12.3 Å². The van der Waals surface area contributed by atoms with Crippen LogP contribution in [-0.2, 0) is 20.9 Å². The second kappa shape index (κ2) is 11.2. The Morgan fingerprint density at radius 3 is 2.31 bits per heavy atom. The fraction of sp³-hybridized carbons (Fsp3) is 0.370. The van der Waals surface area contributed by atoms with Gasteiger partial charge < -0.3 is 15.0 Å². The second-order valence-electron chi connectivity index (χ2n) is 9.36. The van der Waals surface area contributed by atoms with Crippen molar-refractivity contribution in [1.29, 1.82) is 0 Å². The molecule has 3 aromatic rings. The molecule has 4 rings (SSSR count). The van der Waals surface area contributed by atoms with Crippen LogP contribution in [0.3, 0.4) is 0 Å². The topological polar surface area (TPSA) is 111 Å². The molecule has 2 heterocycles. The smallest absolute Gasteiger partial charge is 0.359 e. The number of hydrogen-bond donors (Lipinski definition) is 1. The standard InChI is InChI=1S/C27H30N4O5/c1-18(2)16-31-26(34)22-11-7-6-10-21(22)24(29-31)27(35)36-17-23(32)30-14-12-19(13-15-30)25(33)28-20-8-4-3-5-9-20/h3-11,18-19H,12-17H2,1-2H3,(H,28,33). The van der Waals surface area contributed by atoms with Crippen LogP contribution in [0.2, 0.25) is 0 Å². The summed E-state index contributed by atoms with van der Waals surface area (Å²) in [6, 6.07) is 16.0. The van der Waals surface area contributed by atoms with Gasteiger partial charge >= 0.3 is 5.97 Å². The second-order valence-corrected chi connectivity index (χ2v) is 9.36. The third-order valence-corrected chi connectivity index (χ3v) is 6.19. The summed E-state index contributed by atoms with van der Waals surface area (Å²) in [6.45, 7) is 4.64. The fourth-order valence-corrected chi connectivity index (χ4v) is 4.30. The molecule has 1 saturated heterocycles. The molecule has 36 heavy (non-hydrogen) atoms. The monoisotopic (exact) mass is 490 g/mol. The van der Waals surface area contributed by atoms with Gasteiger partial charge in [0.05, 0.1) is 5.39 Å². The average molecular weight is 491 g/mol. The molecule has 0 spiro atoms. The Balaban J connectivity index is 1.36. The molecule has 9 nitrogen and oxygen atoms in total. The van der Waals surface area contributed by atoms with Gasteiger partial charge in [0.1, 0.15) is 0 Å². The van der Waals surface area contributed by atoms with E-state index < -0.39 is 12.6 Å². The summed E-state index contributed by atoms with van der Waals surface area (Å²) in [7, 11) is 0. The molecule has 0 bridgehead atoms. The Bertz CT molecular complexity index is 1310. The molecule has 0 aliphatic carbocycles. The zero-order valence-corrected chi connectivity index (χ0v) is 20.5. The highest BCUT2D eigenvalue weighted by Gasteiger charge is 2.28. The minimum atomic E-state index is -0.755. The molecular weight excluding hydrogens is 460 g/mol. The van der Waals surface area contributed by atoms with Crippen molar-refractivity contribution < 1.29 is 19.1 Å². The summed E-state index contributed by atoms with van der Waals surface area (Å²) >= 11 is 0. The molecule has 1 N–H and O–H groups in total. The minimum absolute atomic E-state index is 0.00920. The molecule has 188 valence electrons. The number of aromatic nitrogens is 2. The summed E-state index contributed by atoms with van der Waals surface area (Å²) < 4.78 is 6.59. The van der Waals surface area contributed by atoms with Crippen molar-refractivity contribution in [2.24, 2.45) is 11.8 Å². The Morgan fingerprint density at radius 2 is 1.64 bits per heavy atom. The van der Waals surface area contributed by atoms with Crippen molar-refractivity contribution in [3.63, 3.8) is 0 Å². The quantitative estimate of drug-likeness (QED) is 0.510. The third-order valence-electron chi connectivity index (χ3n) is 6.19. The number of likely N-dealkylation sites (tertiary alicyclic amines) is 1. The first kappa shape index (κ1) is 25.1. The molecule has 1 aliphatic heterocycles. The van der Waals surface area contributed by atoms with Crippen molar-refractivity contribution in [3.05, 3.63) is 70.6 Å². The van der Waals surface area contributed by atoms with Gasteiger partial charge in [-0.2, -0.15) is 5.10 Å². The van der Waals surface area contributed by atoms with Crippen LogP contribution in [0.4, 0.5) is 5.69 Å². The van der Waals surface area contributed by atoms with Crippen LogP contribution in [0.1, 0.15) is 37.2 Å². The summed E-state index contributed by atoms with van der Waals surface area (Å²) in [6.07, 6.45) is 1.06. The third kappa shape index (κ3) is 5.79. The highest BCUT2D eigenvalue weighted by molar-refractivity contribution is 6.02. The van der Waals surface area contributed by atoms with Crippen LogP contribution < -0.4 is 10.9 Å². The molecular formula is C27H30N4O5. The Morgan fingerprint density at radius 1 is 1.00 bits per heavy atom. The molecule has 0 radical (unpaired) electrons. The maximum atomic E-state index is 12.9. The van der Waals surface area contributed by atoms with E-state index in [2.05, 4.69) is 10.4 Å². The normalized spacial score (nSPS) is 14.1. The first-order valence-corrected chi connectivity index (χ1v) is 12.1. The lowest BCUT2D eigenvalue weighted by atomic mass is 9.95. The van der Waals surface area contributed by atoms with Crippen LogP contribution >= 0.6 is 0 Å². The summed E-state index contributed by atoms with van der Waals surface area (Å²) in [4.78, 5) is 52.5. The number of carbonyl (C=O) groups excluding carboxylic acids is 3. The number of benzene rings is 2. The molecule has 9 heteroatoms. The Kier molecular flexibility index (Phi) is 7.77. The average Bonchev–Trinajstić information content (AvgIpc) is 2.89. The van der Waals surface area contributed by atoms with E-state index >= 15 is 0 Å². The van der Waals surface area contributed by atoms with Gasteiger partial charge in [0.25, 0.3) is 11.5 Å². The summed E-state index contributed by atoms with van der Waals surface area (Å²) in [5.74, 6) is -1.18. The molecule has 0 unspecified atom stereocenters. The number of para-hydroxylation sites is 1. The number of anilines is 1. The van der Waals surface area contributed by atoms with Gasteiger partial charge in [-0.15, -0.1) is 0 Å². The SMILES string of the molecule is CC(C)Cn1nc(C(=O)OCC(=O)N2CCC(C(=O)Nc3ccccc3)CC2)c2ccccc2c1=O. The number of ether oxygens (including phenoxy) is 1. The van der Waals surface area contributed by atoms with E-state index in [9.17, 15) is 19.2 Å². The van der Waals surface area contributed by atoms with E-state index in [1.165, 1.54) is 4.68 Å². The number of nitrogens with zero attached hydrogens (tertiary/aromatic N) is 3. The van der Waals surface area contributed by atoms with Crippen LogP contribution in [0.25, 0.3) is 10.8 Å². The van der Waals surface area contributed by atoms with Crippen molar-refractivity contribution in [2.45, 2.75) is 33.2 Å². The van der Waals surface area contributed by atoms with Gasteiger partial charge in [-0.1, -0.05) is 50.2 Å². The molecule has 1 aliphatic rings. The molecule has 0 atom stereocenters. The summed E-state index contributed by atoms with van der Waals surface area (Å²) in [5, 5.41) is 7.93. The van der Waals surface area contributed by atoms with E-state index in [0.29, 0.717) is 43.2 Å².